The van der Waals surface area contributed by atoms with Crippen LogP contribution in [0.4, 0.5) is 0 Å². The zero-order chi connectivity index (χ0) is 13.9. The Bertz CT molecular complexity index is 486. The van der Waals surface area contributed by atoms with Crippen LogP contribution in [0, 0.1) is 0 Å². The van der Waals surface area contributed by atoms with E-state index in [4.69, 9.17) is 9.90 Å². The maximum Gasteiger partial charge on any atom is 0.0636 e. The van der Waals surface area contributed by atoms with Gasteiger partial charge < -0.3 is 9.90 Å². The lowest BCUT2D eigenvalue weighted by molar-refractivity contribution is -0.297. The molecule has 2 aromatic carbocycles. The molecule has 0 heterocycles. The van der Waals surface area contributed by atoms with Gasteiger partial charge in [0.05, 0.1) is 5.97 Å². The smallest absolute Gasteiger partial charge is 0.0636 e. The molecule has 0 atom stereocenters. The Morgan fingerprint density at radius 1 is 0.842 bits per heavy atom. The van der Waals surface area contributed by atoms with E-state index in [0.717, 1.165) is 6.08 Å². The molecule has 0 amide bonds. The van der Waals surface area contributed by atoms with Crippen molar-refractivity contribution in [1.29, 1.82) is 0 Å². The molecule has 0 saturated carbocycles. The molecule has 0 aromatic heterocycles. The molecule has 2 nitrogen and oxygen atoms in total. The monoisotopic (exact) mass is 251 g/mol. The zero-order valence-corrected chi connectivity index (χ0v) is 10.5. The third-order valence-corrected chi connectivity index (χ3v) is 2.23. The Morgan fingerprint density at radius 2 is 1.16 bits per heavy atom. The minimum atomic E-state index is -1.23. The molecule has 0 fully saturated rings. The van der Waals surface area contributed by atoms with E-state index in [-0.39, 0.29) is 0 Å². The average Bonchev–Trinajstić information content (AvgIpc) is 2.48. The van der Waals surface area contributed by atoms with Crippen molar-refractivity contribution in [2.24, 2.45) is 0 Å². The summed E-state index contributed by atoms with van der Waals surface area (Å²) in [6, 6.07) is 20.6. The average molecular weight is 251 g/mol. The summed E-state index contributed by atoms with van der Waals surface area (Å²) in [4.78, 5) is 9.14. The third kappa shape index (κ3) is 6.64. The van der Waals surface area contributed by atoms with Crippen molar-refractivity contribution in [3.8, 4) is 0 Å². The number of carbonyl (C=O) groups excluding carboxylic acids is 1. The molecular formula is C17H15O2-. The molecule has 2 rings (SSSR count). The first-order valence-electron chi connectivity index (χ1n) is 5.84. The van der Waals surface area contributed by atoms with Crippen LogP contribution in [-0.4, -0.2) is 5.97 Å². The second-order valence-corrected chi connectivity index (χ2v) is 3.68. The van der Waals surface area contributed by atoms with Crippen molar-refractivity contribution in [2.45, 2.75) is 0 Å². The highest BCUT2D eigenvalue weighted by Gasteiger charge is 1.84. The third-order valence-electron chi connectivity index (χ3n) is 2.23. The Labute approximate surface area is 113 Å². The van der Waals surface area contributed by atoms with Gasteiger partial charge in [-0.3, -0.25) is 0 Å². The number of carboxylic acid groups (broad SMARTS) is 1. The van der Waals surface area contributed by atoms with Crippen molar-refractivity contribution in [1.82, 2.24) is 0 Å². The van der Waals surface area contributed by atoms with Gasteiger partial charge >= 0.3 is 0 Å². The standard InChI is InChI=1S/C14H12.C3H4O2/c1-3-7-13(8-4-1)11-12-14-9-5-2-6-10-14;1-2-3(4)5/h1-12H;2H,1H2,(H,4,5)/p-1/b12-11+;. The van der Waals surface area contributed by atoms with Crippen LogP contribution in [0.2, 0.25) is 0 Å². The summed E-state index contributed by atoms with van der Waals surface area (Å²) >= 11 is 0. The number of hydrogen-bond acceptors (Lipinski definition) is 2. The predicted molar refractivity (Wildman–Crippen MR) is 77.0 cm³/mol. The summed E-state index contributed by atoms with van der Waals surface area (Å²) in [5, 5.41) is 9.14. The minimum Gasteiger partial charge on any atom is -0.545 e. The van der Waals surface area contributed by atoms with E-state index >= 15 is 0 Å². The fraction of sp³-hybridized carbons (Fsp3) is 0. The van der Waals surface area contributed by atoms with Gasteiger partial charge in [0, 0.05) is 0 Å². The van der Waals surface area contributed by atoms with Crippen LogP contribution in [0.15, 0.2) is 73.3 Å². The van der Waals surface area contributed by atoms with Crippen molar-refractivity contribution in [3.63, 3.8) is 0 Å². The molecule has 0 bridgehead atoms. The van der Waals surface area contributed by atoms with E-state index in [1.165, 1.54) is 11.1 Å². The van der Waals surface area contributed by atoms with Gasteiger partial charge in [-0.1, -0.05) is 79.4 Å². The molecule has 0 radical (unpaired) electrons. The molecule has 0 saturated heterocycles. The van der Waals surface area contributed by atoms with Crippen LogP contribution in [-0.2, 0) is 4.79 Å². The van der Waals surface area contributed by atoms with Crippen molar-refractivity contribution in [2.75, 3.05) is 0 Å². The van der Waals surface area contributed by atoms with Crippen LogP contribution in [0.1, 0.15) is 11.1 Å². The van der Waals surface area contributed by atoms with Gasteiger partial charge in [-0.2, -0.15) is 0 Å². The van der Waals surface area contributed by atoms with Crippen LogP contribution in [0.5, 0.6) is 0 Å². The van der Waals surface area contributed by atoms with E-state index < -0.39 is 5.97 Å². The quantitative estimate of drug-likeness (QED) is 0.621. The molecular weight excluding hydrogens is 236 g/mol. The van der Waals surface area contributed by atoms with Crippen molar-refractivity contribution in [3.05, 3.63) is 84.4 Å². The van der Waals surface area contributed by atoms with Gasteiger partial charge in [-0.25, -0.2) is 0 Å². The summed E-state index contributed by atoms with van der Waals surface area (Å²) in [5.41, 5.74) is 2.47. The fourth-order valence-corrected chi connectivity index (χ4v) is 1.32. The van der Waals surface area contributed by atoms with E-state index in [9.17, 15) is 0 Å². The summed E-state index contributed by atoms with van der Waals surface area (Å²) in [5.74, 6) is -1.23. The van der Waals surface area contributed by atoms with Crippen LogP contribution in [0.25, 0.3) is 12.2 Å². The Balaban J connectivity index is 0.000000312. The van der Waals surface area contributed by atoms with Crippen molar-refractivity contribution < 1.29 is 9.90 Å². The number of benzene rings is 2. The summed E-state index contributed by atoms with van der Waals surface area (Å²) in [7, 11) is 0. The molecule has 2 aromatic rings. The highest BCUT2D eigenvalue weighted by atomic mass is 16.4. The fourth-order valence-electron chi connectivity index (χ4n) is 1.32. The molecule has 0 N–H and O–H groups in total. The highest BCUT2D eigenvalue weighted by Crippen LogP contribution is 2.06. The minimum absolute atomic E-state index is 0.722. The topological polar surface area (TPSA) is 40.1 Å². The maximum absolute atomic E-state index is 9.14. The van der Waals surface area contributed by atoms with E-state index in [2.05, 4.69) is 43.0 Å². The van der Waals surface area contributed by atoms with E-state index in [0.29, 0.717) is 0 Å². The number of aliphatic carboxylic acids is 1. The zero-order valence-electron chi connectivity index (χ0n) is 10.5. The van der Waals surface area contributed by atoms with Gasteiger partial charge in [-0.15, -0.1) is 0 Å². The first-order valence-corrected chi connectivity index (χ1v) is 5.84. The summed E-state index contributed by atoms with van der Waals surface area (Å²) < 4.78 is 0. The SMILES string of the molecule is C(=C\c1ccccc1)/c1ccccc1.C=CC(=O)[O-]. The molecule has 0 spiro atoms. The molecule has 96 valence electrons. The van der Waals surface area contributed by atoms with Gasteiger partial charge in [0.1, 0.15) is 0 Å². The summed E-state index contributed by atoms with van der Waals surface area (Å²) in [6.45, 7) is 2.90. The largest absolute Gasteiger partial charge is 0.545 e. The Morgan fingerprint density at radius 3 is 1.42 bits per heavy atom. The molecule has 0 unspecified atom stereocenters. The lowest BCUT2D eigenvalue weighted by Gasteiger charge is -1.92. The first kappa shape index (κ1) is 14.5. The highest BCUT2D eigenvalue weighted by molar-refractivity contribution is 5.76. The second kappa shape index (κ2) is 8.48. The normalized spacial score (nSPS) is 9.47. The lowest BCUT2D eigenvalue weighted by Crippen LogP contribution is -2.17. The molecule has 0 aliphatic carbocycles. The van der Waals surface area contributed by atoms with Gasteiger partial charge in [0.25, 0.3) is 0 Å². The Kier molecular flexibility index (Phi) is 6.45. The first-order chi connectivity index (χ1) is 9.22. The van der Waals surface area contributed by atoms with Crippen LogP contribution < -0.4 is 5.11 Å². The number of carbonyl (C=O) groups is 1. The van der Waals surface area contributed by atoms with E-state index in [1.54, 1.807) is 0 Å². The molecule has 0 aliphatic heterocycles. The second-order valence-electron chi connectivity index (χ2n) is 3.68. The van der Waals surface area contributed by atoms with Gasteiger partial charge in [0.2, 0.25) is 0 Å². The van der Waals surface area contributed by atoms with Crippen molar-refractivity contribution >= 4 is 18.1 Å². The molecule has 2 heteroatoms. The number of carboxylic acids is 1. The number of rotatable bonds is 3. The van der Waals surface area contributed by atoms with Crippen LogP contribution >= 0.6 is 0 Å². The molecule has 0 aliphatic rings. The Hall–Kier alpha value is -2.61. The lowest BCUT2D eigenvalue weighted by atomic mass is 10.1. The van der Waals surface area contributed by atoms with Gasteiger partial charge in [-0.05, 0) is 17.2 Å². The van der Waals surface area contributed by atoms with Gasteiger partial charge in [0.15, 0.2) is 0 Å². The molecule has 19 heavy (non-hydrogen) atoms. The number of hydrogen-bond donors (Lipinski definition) is 0. The maximum atomic E-state index is 9.14. The predicted octanol–water partition coefficient (Wildman–Crippen LogP) is 2.78. The van der Waals surface area contributed by atoms with E-state index in [1.807, 2.05) is 36.4 Å². The van der Waals surface area contributed by atoms with Crippen LogP contribution in [0.3, 0.4) is 0 Å². The summed E-state index contributed by atoms with van der Waals surface area (Å²) in [6.07, 6.45) is 4.96.